The Labute approximate surface area is 121 Å². The van der Waals surface area contributed by atoms with Crippen LogP contribution in [0.1, 0.15) is 56.6 Å². The van der Waals surface area contributed by atoms with Crippen molar-refractivity contribution in [1.29, 1.82) is 0 Å². The van der Waals surface area contributed by atoms with E-state index in [0.717, 1.165) is 0 Å². The van der Waals surface area contributed by atoms with Gasteiger partial charge in [0.15, 0.2) is 0 Å². The Kier molecular flexibility index (Phi) is 6.85. The van der Waals surface area contributed by atoms with Crippen LogP contribution in [0.5, 0.6) is 0 Å². The summed E-state index contributed by atoms with van der Waals surface area (Å²) in [6.07, 6.45) is 8.49. The molecule has 0 radical (unpaired) electrons. The molecule has 1 rings (SSSR count). The largest absolute Gasteiger partial charge is 0.0809 e. The number of hydrogen-bond donors (Lipinski definition) is 0. The van der Waals surface area contributed by atoms with Crippen LogP contribution >= 0.6 is 0 Å². The summed E-state index contributed by atoms with van der Waals surface area (Å²) >= 11 is 0. The summed E-state index contributed by atoms with van der Waals surface area (Å²) in [6.45, 7) is 11.9. The van der Waals surface area contributed by atoms with Gasteiger partial charge >= 0.3 is 0 Å². The molecular formula is C18H32Si. The number of rotatable bonds is 8. The number of hydrogen-bond acceptors (Lipinski definition) is 0. The van der Waals surface area contributed by atoms with Crippen molar-refractivity contribution in [3.05, 3.63) is 29.3 Å². The van der Waals surface area contributed by atoms with Crippen molar-refractivity contribution in [2.24, 2.45) is 0 Å². The van der Waals surface area contributed by atoms with E-state index in [1.807, 2.05) is 0 Å². The average molecular weight is 277 g/mol. The van der Waals surface area contributed by atoms with Gasteiger partial charge in [0.05, 0.1) is 8.07 Å². The van der Waals surface area contributed by atoms with Gasteiger partial charge in [0.25, 0.3) is 0 Å². The zero-order chi connectivity index (χ0) is 14.3. The van der Waals surface area contributed by atoms with E-state index in [-0.39, 0.29) is 0 Å². The summed E-state index contributed by atoms with van der Waals surface area (Å²) in [6, 6.07) is 8.44. The lowest BCUT2D eigenvalue weighted by atomic mass is 10.1. The highest BCUT2D eigenvalue weighted by Crippen LogP contribution is 2.18. The molecule has 0 saturated carbocycles. The molecule has 1 heteroatoms. The van der Waals surface area contributed by atoms with Crippen LogP contribution in [-0.4, -0.2) is 8.07 Å². The molecule has 0 fully saturated rings. The standard InChI is InChI=1S/C18H32Si/c1-6-7-8-9-10-11-14-19(4,5)18-15-16(2)12-13-17(18)3/h12-13,15H,6-11,14H2,1-5H3. The highest BCUT2D eigenvalue weighted by Gasteiger charge is 2.24. The minimum Gasteiger partial charge on any atom is -0.0654 e. The molecule has 19 heavy (non-hydrogen) atoms. The molecule has 0 aliphatic rings. The van der Waals surface area contributed by atoms with Gasteiger partial charge in [0.1, 0.15) is 0 Å². The van der Waals surface area contributed by atoms with Crippen molar-refractivity contribution in [3.63, 3.8) is 0 Å². The summed E-state index contributed by atoms with van der Waals surface area (Å²) in [5, 5.41) is 1.68. The zero-order valence-corrected chi connectivity index (χ0v) is 14.7. The topological polar surface area (TPSA) is 0 Å². The molecule has 0 amide bonds. The molecule has 1 aromatic carbocycles. The second-order valence-corrected chi connectivity index (χ2v) is 11.5. The molecule has 0 aromatic heterocycles. The molecule has 0 heterocycles. The fourth-order valence-corrected chi connectivity index (χ4v) is 6.12. The van der Waals surface area contributed by atoms with Gasteiger partial charge in [-0.05, 0) is 13.8 Å². The summed E-state index contributed by atoms with van der Waals surface area (Å²) < 4.78 is 0. The lowest BCUT2D eigenvalue weighted by Crippen LogP contribution is -2.42. The molecule has 0 N–H and O–H groups in total. The number of benzene rings is 1. The maximum atomic E-state index is 2.54. The van der Waals surface area contributed by atoms with E-state index >= 15 is 0 Å². The average Bonchev–Trinajstić information content (AvgIpc) is 2.36. The first-order chi connectivity index (χ1) is 8.97. The molecule has 0 atom stereocenters. The van der Waals surface area contributed by atoms with E-state index in [9.17, 15) is 0 Å². The predicted molar refractivity (Wildman–Crippen MR) is 91.2 cm³/mol. The molecule has 0 spiro atoms. The van der Waals surface area contributed by atoms with Crippen LogP contribution in [0.2, 0.25) is 19.1 Å². The monoisotopic (exact) mass is 276 g/mol. The van der Waals surface area contributed by atoms with Crippen molar-refractivity contribution in [3.8, 4) is 0 Å². The fraction of sp³-hybridized carbons (Fsp3) is 0.667. The van der Waals surface area contributed by atoms with Crippen molar-refractivity contribution in [2.45, 2.75) is 78.4 Å². The van der Waals surface area contributed by atoms with Crippen LogP contribution in [0.25, 0.3) is 0 Å². The summed E-state index contributed by atoms with van der Waals surface area (Å²) in [7, 11) is -1.22. The van der Waals surface area contributed by atoms with E-state index in [2.05, 4.69) is 52.1 Å². The Morgan fingerprint density at radius 2 is 1.53 bits per heavy atom. The minimum absolute atomic E-state index is 1.22. The van der Waals surface area contributed by atoms with Crippen molar-refractivity contribution in [2.75, 3.05) is 0 Å². The first-order valence-electron chi connectivity index (χ1n) is 8.05. The van der Waals surface area contributed by atoms with Gasteiger partial charge in [-0.1, -0.05) is 99.1 Å². The van der Waals surface area contributed by atoms with E-state index in [0.29, 0.717) is 0 Å². The van der Waals surface area contributed by atoms with E-state index in [1.54, 1.807) is 5.19 Å². The third-order valence-electron chi connectivity index (χ3n) is 4.28. The first kappa shape index (κ1) is 16.5. The second-order valence-electron chi connectivity index (χ2n) is 6.72. The molecule has 0 unspecified atom stereocenters. The molecular weight excluding hydrogens is 244 g/mol. The Bertz CT molecular complexity index is 379. The van der Waals surface area contributed by atoms with Crippen LogP contribution in [0.3, 0.4) is 0 Å². The minimum atomic E-state index is -1.22. The van der Waals surface area contributed by atoms with Crippen LogP contribution in [0, 0.1) is 13.8 Å². The Hall–Kier alpha value is -0.563. The van der Waals surface area contributed by atoms with Crippen LogP contribution < -0.4 is 5.19 Å². The van der Waals surface area contributed by atoms with Crippen LogP contribution in [0.4, 0.5) is 0 Å². The second kappa shape index (κ2) is 7.89. The highest BCUT2D eigenvalue weighted by atomic mass is 28.3. The highest BCUT2D eigenvalue weighted by molar-refractivity contribution is 6.90. The van der Waals surface area contributed by atoms with Gasteiger partial charge in [0, 0.05) is 0 Å². The van der Waals surface area contributed by atoms with Gasteiger partial charge in [-0.2, -0.15) is 0 Å². The van der Waals surface area contributed by atoms with Gasteiger partial charge in [0.2, 0.25) is 0 Å². The van der Waals surface area contributed by atoms with Crippen molar-refractivity contribution < 1.29 is 0 Å². The molecule has 0 aliphatic heterocycles. The van der Waals surface area contributed by atoms with E-state index in [1.165, 1.54) is 55.7 Å². The normalized spacial score (nSPS) is 11.8. The Morgan fingerprint density at radius 1 is 0.895 bits per heavy atom. The molecule has 0 bridgehead atoms. The van der Waals surface area contributed by atoms with Crippen molar-refractivity contribution >= 4 is 13.3 Å². The fourth-order valence-electron chi connectivity index (χ4n) is 2.95. The lowest BCUT2D eigenvalue weighted by Gasteiger charge is -2.25. The maximum Gasteiger partial charge on any atom is 0.0809 e. The molecule has 0 nitrogen and oxygen atoms in total. The third kappa shape index (κ3) is 5.52. The maximum absolute atomic E-state index is 2.54. The quantitative estimate of drug-likeness (QED) is 0.429. The first-order valence-corrected chi connectivity index (χ1v) is 11.3. The zero-order valence-electron chi connectivity index (χ0n) is 13.7. The van der Waals surface area contributed by atoms with Crippen LogP contribution in [-0.2, 0) is 0 Å². The molecule has 1 aromatic rings. The SMILES string of the molecule is CCCCCCCC[Si](C)(C)c1cc(C)ccc1C. The van der Waals surface area contributed by atoms with Gasteiger partial charge in [-0.3, -0.25) is 0 Å². The molecule has 0 aliphatic carbocycles. The predicted octanol–water partition coefficient (Wildman–Crippen LogP) is 5.58. The number of aryl methyl sites for hydroxylation is 2. The Morgan fingerprint density at radius 3 is 2.21 bits per heavy atom. The molecule has 0 saturated heterocycles. The molecule has 108 valence electrons. The van der Waals surface area contributed by atoms with E-state index < -0.39 is 8.07 Å². The van der Waals surface area contributed by atoms with Crippen molar-refractivity contribution in [1.82, 2.24) is 0 Å². The summed E-state index contributed by atoms with van der Waals surface area (Å²) in [5.74, 6) is 0. The van der Waals surface area contributed by atoms with E-state index in [4.69, 9.17) is 0 Å². The van der Waals surface area contributed by atoms with Gasteiger partial charge < -0.3 is 0 Å². The third-order valence-corrected chi connectivity index (χ3v) is 7.88. The smallest absolute Gasteiger partial charge is 0.0654 e. The van der Waals surface area contributed by atoms with Crippen LogP contribution in [0.15, 0.2) is 18.2 Å². The number of unbranched alkanes of at least 4 members (excludes halogenated alkanes) is 5. The van der Waals surface area contributed by atoms with Gasteiger partial charge in [-0.15, -0.1) is 0 Å². The van der Waals surface area contributed by atoms with Gasteiger partial charge in [-0.25, -0.2) is 0 Å². The Balaban J connectivity index is 2.48. The summed E-state index contributed by atoms with van der Waals surface area (Å²) in [5.41, 5.74) is 2.93. The summed E-state index contributed by atoms with van der Waals surface area (Å²) in [4.78, 5) is 0. The lowest BCUT2D eigenvalue weighted by molar-refractivity contribution is 0.623.